The summed E-state index contributed by atoms with van der Waals surface area (Å²) in [6, 6.07) is -1.13. The number of halogens is 10. The zero-order valence-corrected chi connectivity index (χ0v) is 37.0. The van der Waals surface area contributed by atoms with Gasteiger partial charge in [0, 0.05) is 61.9 Å². The number of amides is 1. The molecule has 4 aliphatic heterocycles. The van der Waals surface area contributed by atoms with E-state index in [4.69, 9.17) is 20.2 Å². The molecule has 0 unspecified atom stereocenters. The Balaban J connectivity index is 1.01. The summed E-state index contributed by atoms with van der Waals surface area (Å²) in [5.41, 5.74) is -2.48. The smallest absolute Gasteiger partial charge is 0.435 e. The average Bonchev–Trinajstić information content (AvgIpc) is 3.62. The number of benzene rings is 1. The Morgan fingerprint density at radius 3 is 2.42 bits per heavy atom. The quantitative estimate of drug-likeness (QED) is 0.112. The summed E-state index contributed by atoms with van der Waals surface area (Å²) >= 11 is 0. The van der Waals surface area contributed by atoms with Gasteiger partial charge in [-0.05, 0) is 62.5 Å². The van der Waals surface area contributed by atoms with E-state index >= 15 is 8.78 Å². The van der Waals surface area contributed by atoms with Crippen LogP contribution < -0.4 is 20.1 Å². The maximum absolute atomic E-state index is 17.3. The summed E-state index contributed by atoms with van der Waals surface area (Å²) in [4.78, 5) is 43.0. The first-order chi connectivity index (χ1) is 32.6. The molecule has 368 valence electrons. The Kier molecular flexibility index (Phi) is 11.1. The van der Waals surface area contributed by atoms with Crippen LogP contribution in [0.2, 0.25) is 0 Å². The van der Waals surface area contributed by atoms with Crippen LogP contribution in [0.1, 0.15) is 75.1 Å². The lowest BCUT2D eigenvalue weighted by Crippen LogP contribution is -2.72. The molecular formula is C44H44F10N12O3. The normalized spacial score (nSPS) is 25.8. The average molecular weight is 979 g/mol. The Labute approximate surface area is 386 Å². The lowest BCUT2D eigenvalue weighted by Gasteiger charge is -2.60. The summed E-state index contributed by atoms with van der Waals surface area (Å²) in [5, 5.41) is 3.59. The molecule has 5 fully saturated rings. The van der Waals surface area contributed by atoms with Gasteiger partial charge < -0.3 is 25.0 Å². The fraction of sp³-hybridized carbons (Fsp3) is 0.545. The number of hydrogen-bond donors (Lipinski definition) is 1. The van der Waals surface area contributed by atoms with Crippen molar-refractivity contribution in [3.8, 4) is 23.1 Å². The summed E-state index contributed by atoms with van der Waals surface area (Å²) in [6.07, 6.45) is -4.25. The van der Waals surface area contributed by atoms with Gasteiger partial charge in [0.1, 0.15) is 48.6 Å². The number of rotatable bonds is 9. The predicted molar refractivity (Wildman–Crippen MR) is 224 cm³/mol. The van der Waals surface area contributed by atoms with E-state index in [-0.39, 0.29) is 67.8 Å². The highest BCUT2D eigenvalue weighted by Gasteiger charge is 2.65. The number of nitrogen functional groups attached to an aromatic ring is 1. The lowest BCUT2D eigenvalue weighted by atomic mass is 9.63. The summed E-state index contributed by atoms with van der Waals surface area (Å²) in [5.74, 6) is -2.90. The third-order valence-corrected chi connectivity index (χ3v) is 14.6. The van der Waals surface area contributed by atoms with Crippen molar-refractivity contribution in [2.45, 2.75) is 101 Å². The molecule has 69 heavy (non-hydrogen) atoms. The number of alkyl halides is 7. The van der Waals surface area contributed by atoms with Gasteiger partial charge in [0.15, 0.2) is 11.5 Å². The van der Waals surface area contributed by atoms with Crippen LogP contribution in [0, 0.1) is 35.5 Å². The van der Waals surface area contributed by atoms with Crippen molar-refractivity contribution < 1.29 is 58.2 Å². The molecule has 1 saturated carbocycles. The van der Waals surface area contributed by atoms with E-state index in [1.54, 1.807) is 9.80 Å². The molecule has 2 N–H and O–H groups in total. The van der Waals surface area contributed by atoms with Gasteiger partial charge >= 0.3 is 30.5 Å². The molecule has 0 radical (unpaired) electrons. The lowest BCUT2D eigenvalue weighted by molar-refractivity contribution is -0.141. The minimum absolute atomic E-state index is 0.000735. The Morgan fingerprint density at radius 2 is 1.71 bits per heavy atom. The van der Waals surface area contributed by atoms with E-state index in [2.05, 4.69) is 36.9 Å². The Morgan fingerprint density at radius 1 is 0.928 bits per heavy atom. The second kappa shape index (κ2) is 16.5. The number of hydrogen-bond acceptors (Lipinski definition) is 13. The Hall–Kier alpha value is -6.14. The first kappa shape index (κ1) is 46.6. The molecule has 1 amide bonds. The van der Waals surface area contributed by atoms with Gasteiger partial charge in [-0.25, -0.2) is 22.9 Å². The highest BCUT2D eigenvalue weighted by molar-refractivity contribution is 5.92. The van der Waals surface area contributed by atoms with E-state index in [0.29, 0.717) is 50.9 Å². The number of ether oxygens (including phenoxy) is 2. The van der Waals surface area contributed by atoms with Crippen molar-refractivity contribution in [3.63, 3.8) is 0 Å². The SMILES string of the molecule is Cc1c(F)c(N)cc(-c2ncc3c(N4CCCC[C@@]5(C4)CN(C(=O)n4cnc(F)n4)[C@@H]5C4(C)CC4)nc(OC[C@@]45CC[C@@H](COc6cncc(C(F)(F)F)n6)N4C[C@H](F)C5)nc3c2F)c1C(F)(F)F. The number of nitrogens with zero attached hydrogens (tertiary/aromatic N) is 11. The summed E-state index contributed by atoms with van der Waals surface area (Å²) in [6.45, 7) is 3.32. The maximum Gasteiger partial charge on any atom is 0.435 e. The third-order valence-electron chi connectivity index (χ3n) is 14.6. The van der Waals surface area contributed by atoms with Crippen molar-refractivity contribution in [1.29, 1.82) is 0 Å². The van der Waals surface area contributed by atoms with E-state index in [0.717, 1.165) is 43.2 Å². The largest absolute Gasteiger partial charge is 0.475 e. The van der Waals surface area contributed by atoms with Gasteiger partial charge in [-0.15, -0.1) is 5.10 Å². The topological polar surface area (TPSA) is 166 Å². The molecule has 8 heterocycles. The van der Waals surface area contributed by atoms with Gasteiger partial charge in [0.2, 0.25) is 5.88 Å². The molecule has 0 bridgehead atoms. The number of likely N-dealkylation sites (tertiary alicyclic amines) is 1. The molecule has 1 aliphatic carbocycles. The maximum atomic E-state index is 17.3. The zero-order chi connectivity index (χ0) is 49.0. The number of carbonyl (C=O) groups is 1. The molecule has 1 aromatic carbocycles. The monoisotopic (exact) mass is 978 g/mol. The number of pyridine rings is 1. The standard InChI is InChI=1S/C44H44F10N12O3/c1-22-30(44(52,53)54)25(11-27(55)31(22)46)33-32(47)34-26(13-57-33)35(63-10-4-3-6-41(18-63)19-64(36(41)40(2)8-9-40)39(67)66-21-58-37(48)62-66)61-38(60-34)69-20-42-7-5-24(65(42)16-23(45)12-42)17-68-29-15-56-14-28(59-29)43(49,50)51/h11,13-15,21,23-24,36H,3-10,12,16-20,55H2,1-2H3/t23-,24+,36-,41-,42+/m1/s1. The molecule has 5 atom stereocenters. The van der Waals surface area contributed by atoms with E-state index in [1.807, 2.05) is 4.90 Å². The number of fused-ring (bicyclic) bond motifs is 2. The molecule has 4 saturated heterocycles. The highest BCUT2D eigenvalue weighted by atomic mass is 19.4. The molecule has 5 aliphatic rings. The fourth-order valence-electron chi connectivity index (χ4n) is 11.4. The summed E-state index contributed by atoms with van der Waals surface area (Å²) in [7, 11) is 0. The van der Waals surface area contributed by atoms with Crippen molar-refractivity contribution in [1.82, 2.24) is 49.5 Å². The molecule has 4 aromatic heterocycles. The summed E-state index contributed by atoms with van der Waals surface area (Å²) < 4.78 is 158. The minimum atomic E-state index is -5.16. The number of anilines is 2. The predicted octanol–water partition coefficient (Wildman–Crippen LogP) is 7.95. The second-order valence-corrected chi connectivity index (χ2v) is 19.2. The van der Waals surface area contributed by atoms with E-state index < -0.39 is 105 Å². The fourth-order valence-corrected chi connectivity index (χ4v) is 11.4. The number of nitrogens with two attached hydrogens (primary N) is 1. The highest BCUT2D eigenvalue weighted by Crippen LogP contribution is 2.62. The van der Waals surface area contributed by atoms with Crippen LogP contribution >= 0.6 is 0 Å². The van der Waals surface area contributed by atoms with Crippen LogP contribution in [0.5, 0.6) is 11.9 Å². The van der Waals surface area contributed by atoms with Crippen LogP contribution in [-0.4, -0.2) is 119 Å². The molecule has 15 nitrogen and oxygen atoms in total. The van der Waals surface area contributed by atoms with Crippen molar-refractivity contribution in [3.05, 3.63) is 65.5 Å². The van der Waals surface area contributed by atoms with Crippen molar-refractivity contribution in [2.24, 2.45) is 10.8 Å². The van der Waals surface area contributed by atoms with E-state index in [9.17, 15) is 39.9 Å². The van der Waals surface area contributed by atoms with Crippen molar-refractivity contribution >= 4 is 28.4 Å². The van der Waals surface area contributed by atoms with Gasteiger partial charge in [-0.2, -0.15) is 50.4 Å². The van der Waals surface area contributed by atoms with E-state index in [1.165, 1.54) is 0 Å². The third kappa shape index (κ3) is 8.16. The zero-order valence-electron chi connectivity index (χ0n) is 37.0. The number of carbonyl (C=O) groups excluding carboxylic acids is 1. The van der Waals surface area contributed by atoms with Gasteiger partial charge in [0.05, 0.1) is 34.6 Å². The molecule has 25 heteroatoms. The van der Waals surface area contributed by atoms with Gasteiger partial charge in [-0.1, -0.05) is 13.3 Å². The first-order valence-corrected chi connectivity index (χ1v) is 22.3. The second-order valence-electron chi connectivity index (χ2n) is 19.2. The minimum Gasteiger partial charge on any atom is -0.475 e. The van der Waals surface area contributed by atoms with Crippen LogP contribution in [-0.2, 0) is 12.4 Å². The van der Waals surface area contributed by atoms with Crippen LogP contribution in [0.25, 0.3) is 22.2 Å². The van der Waals surface area contributed by atoms with Crippen LogP contribution in [0.3, 0.4) is 0 Å². The van der Waals surface area contributed by atoms with Gasteiger partial charge in [-0.3, -0.25) is 14.9 Å². The Bertz CT molecular complexity index is 2840. The number of aromatic nitrogens is 8. The van der Waals surface area contributed by atoms with Crippen LogP contribution in [0.4, 0.5) is 60.2 Å². The molecule has 10 rings (SSSR count). The first-order valence-electron chi connectivity index (χ1n) is 22.3. The molecular weight excluding hydrogens is 935 g/mol. The molecule has 5 aromatic rings. The molecule has 1 spiro atoms. The van der Waals surface area contributed by atoms with Crippen LogP contribution in [0.15, 0.2) is 31.0 Å². The van der Waals surface area contributed by atoms with Crippen molar-refractivity contribution in [2.75, 3.05) is 50.0 Å². The van der Waals surface area contributed by atoms with Gasteiger partial charge in [0.25, 0.3) is 0 Å².